The van der Waals surface area contributed by atoms with Crippen LogP contribution in [-0.2, 0) is 20.9 Å². The van der Waals surface area contributed by atoms with Crippen molar-refractivity contribution in [2.45, 2.75) is 6.54 Å². The maximum Gasteiger partial charge on any atom is 0.250 e. The summed E-state index contributed by atoms with van der Waals surface area (Å²) in [5, 5.41) is 2.68. The zero-order valence-corrected chi connectivity index (χ0v) is 12.9. The second kappa shape index (κ2) is 8.53. The molecule has 0 bridgehead atoms. The molecule has 1 aromatic rings. The molecule has 1 amide bonds. The minimum absolute atomic E-state index is 0.0711. The van der Waals surface area contributed by atoms with Crippen LogP contribution in [0, 0.1) is 0 Å². The smallest absolute Gasteiger partial charge is 0.250 e. The quantitative estimate of drug-likeness (QED) is 0.427. The molecule has 0 saturated heterocycles. The van der Waals surface area contributed by atoms with Gasteiger partial charge in [0, 0.05) is 35.1 Å². The average molecular weight is 380 g/mol. The van der Waals surface area contributed by atoms with Gasteiger partial charge in [0.05, 0.1) is 0 Å². The monoisotopic (exact) mass is 380 g/mol. The summed E-state index contributed by atoms with van der Waals surface area (Å²) in [4.78, 5) is 22.0. The number of halogens is 1. The summed E-state index contributed by atoms with van der Waals surface area (Å²) in [6.45, 7) is 0.573. The van der Waals surface area contributed by atoms with E-state index in [-0.39, 0.29) is 24.6 Å². The van der Waals surface area contributed by atoms with E-state index in [2.05, 4.69) is 31.7 Å². The van der Waals surface area contributed by atoms with Gasteiger partial charge in [0.25, 0.3) is 0 Å². The highest BCUT2D eigenvalue weighted by Gasteiger charge is 2.03. The highest BCUT2D eigenvalue weighted by atomic mass is 127. The van der Waals surface area contributed by atoms with E-state index in [4.69, 9.17) is 4.74 Å². The summed E-state index contributed by atoms with van der Waals surface area (Å²) >= 11 is 2.07. The van der Waals surface area contributed by atoms with Crippen LogP contribution in [0.5, 0.6) is 0 Å². The standard InChI is InChI=1S/C11H14IN2O3P/c12-13-5-8-1-3-9(4-2-8)14-10(15)6-17-7-11(16)18/h1-4,13H,5-7,18H2,(H,14,15). The molecular formula is C11H14IN2O3P. The molecule has 0 aromatic heterocycles. The Labute approximate surface area is 122 Å². The Morgan fingerprint density at radius 1 is 1.22 bits per heavy atom. The molecule has 0 aliphatic carbocycles. The van der Waals surface area contributed by atoms with Gasteiger partial charge >= 0.3 is 0 Å². The molecule has 98 valence electrons. The maximum atomic E-state index is 11.4. The first-order valence-electron chi connectivity index (χ1n) is 5.20. The van der Waals surface area contributed by atoms with Crippen molar-refractivity contribution >= 4 is 49.2 Å². The lowest BCUT2D eigenvalue weighted by molar-refractivity contribution is -0.123. The molecular weight excluding hydrogens is 366 g/mol. The van der Waals surface area contributed by atoms with Gasteiger partial charge in [0.1, 0.15) is 13.2 Å². The summed E-state index contributed by atoms with van der Waals surface area (Å²) in [6.07, 6.45) is 0. The Morgan fingerprint density at radius 3 is 2.44 bits per heavy atom. The largest absolute Gasteiger partial charge is 0.363 e. The second-order valence-corrected chi connectivity index (χ2v) is 4.92. The van der Waals surface area contributed by atoms with Gasteiger partial charge in [-0.25, -0.2) is 0 Å². The molecule has 1 unspecified atom stereocenters. The Balaban J connectivity index is 2.37. The number of benzene rings is 1. The van der Waals surface area contributed by atoms with Crippen LogP contribution in [0.25, 0.3) is 0 Å². The molecule has 0 saturated carbocycles. The minimum atomic E-state index is -0.277. The van der Waals surface area contributed by atoms with Crippen LogP contribution in [0.15, 0.2) is 24.3 Å². The first-order chi connectivity index (χ1) is 8.61. The van der Waals surface area contributed by atoms with E-state index < -0.39 is 0 Å². The van der Waals surface area contributed by atoms with Crippen molar-refractivity contribution in [3.63, 3.8) is 0 Å². The van der Waals surface area contributed by atoms with Gasteiger partial charge in [0.2, 0.25) is 5.91 Å². The lowest BCUT2D eigenvalue weighted by Crippen LogP contribution is -2.19. The maximum absolute atomic E-state index is 11.4. The van der Waals surface area contributed by atoms with Crippen molar-refractivity contribution in [2.24, 2.45) is 0 Å². The molecule has 1 atom stereocenters. The second-order valence-electron chi connectivity index (χ2n) is 3.51. The fourth-order valence-corrected chi connectivity index (χ4v) is 1.78. The Hall–Kier alpha value is -0.560. The lowest BCUT2D eigenvalue weighted by atomic mass is 10.2. The average Bonchev–Trinajstić information content (AvgIpc) is 2.31. The number of carbonyl (C=O) groups excluding carboxylic acids is 2. The van der Waals surface area contributed by atoms with Crippen molar-refractivity contribution in [2.75, 3.05) is 18.5 Å². The summed E-state index contributed by atoms with van der Waals surface area (Å²) in [6, 6.07) is 7.49. The van der Waals surface area contributed by atoms with Gasteiger partial charge in [-0.05, 0) is 17.7 Å². The van der Waals surface area contributed by atoms with Crippen LogP contribution >= 0.6 is 32.1 Å². The van der Waals surface area contributed by atoms with Gasteiger partial charge in [-0.3, -0.25) is 13.1 Å². The third-order valence-corrected chi connectivity index (χ3v) is 2.53. The van der Waals surface area contributed by atoms with E-state index in [1.807, 2.05) is 33.5 Å². The van der Waals surface area contributed by atoms with Crippen LogP contribution in [0.4, 0.5) is 5.69 Å². The van der Waals surface area contributed by atoms with Gasteiger partial charge < -0.3 is 10.1 Å². The fraction of sp³-hybridized carbons (Fsp3) is 0.273. The number of amides is 1. The van der Waals surface area contributed by atoms with Crippen LogP contribution in [0.3, 0.4) is 0 Å². The predicted molar refractivity (Wildman–Crippen MR) is 81.5 cm³/mol. The van der Waals surface area contributed by atoms with Crippen molar-refractivity contribution < 1.29 is 14.3 Å². The minimum Gasteiger partial charge on any atom is -0.363 e. The number of carbonyl (C=O) groups is 2. The third kappa shape index (κ3) is 6.39. The van der Waals surface area contributed by atoms with Crippen LogP contribution in [-0.4, -0.2) is 24.6 Å². The number of hydrogen-bond donors (Lipinski definition) is 2. The first kappa shape index (κ1) is 15.5. The van der Waals surface area contributed by atoms with Crippen LogP contribution in [0.2, 0.25) is 0 Å². The van der Waals surface area contributed by atoms with Gasteiger partial charge in [0.15, 0.2) is 5.52 Å². The summed E-state index contributed by atoms with van der Waals surface area (Å²) < 4.78 is 7.91. The molecule has 1 aromatic carbocycles. The number of anilines is 1. The molecule has 0 aliphatic rings. The van der Waals surface area contributed by atoms with Crippen molar-refractivity contribution in [3.05, 3.63) is 29.8 Å². The Bertz CT molecular complexity index is 411. The number of nitrogens with one attached hydrogen (secondary N) is 2. The molecule has 7 heteroatoms. The number of rotatable bonds is 7. The molecule has 18 heavy (non-hydrogen) atoms. The van der Waals surface area contributed by atoms with Crippen molar-refractivity contribution in [1.29, 1.82) is 0 Å². The van der Waals surface area contributed by atoms with E-state index in [9.17, 15) is 9.59 Å². The third-order valence-electron chi connectivity index (χ3n) is 1.99. The highest BCUT2D eigenvalue weighted by Crippen LogP contribution is 2.09. The van der Waals surface area contributed by atoms with E-state index in [1.54, 1.807) is 0 Å². The molecule has 0 heterocycles. The van der Waals surface area contributed by atoms with Gasteiger partial charge in [-0.1, -0.05) is 21.4 Å². The molecule has 0 aliphatic heterocycles. The summed E-state index contributed by atoms with van der Waals surface area (Å²) in [7, 11) is 1.99. The van der Waals surface area contributed by atoms with Crippen LogP contribution in [0.1, 0.15) is 5.56 Å². The highest BCUT2D eigenvalue weighted by molar-refractivity contribution is 14.1. The first-order valence-corrected chi connectivity index (χ1v) is 6.85. The Morgan fingerprint density at radius 2 is 1.89 bits per heavy atom. The predicted octanol–water partition coefficient (Wildman–Crippen LogP) is 1.48. The van der Waals surface area contributed by atoms with E-state index in [1.165, 1.54) is 0 Å². The molecule has 5 nitrogen and oxygen atoms in total. The van der Waals surface area contributed by atoms with Crippen molar-refractivity contribution in [1.82, 2.24) is 3.53 Å². The SMILES string of the molecule is O=C(P)COCC(=O)Nc1ccc(CNI)cc1. The van der Waals surface area contributed by atoms with Crippen LogP contribution < -0.4 is 8.85 Å². The normalized spacial score (nSPS) is 10.1. The van der Waals surface area contributed by atoms with E-state index >= 15 is 0 Å². The van der Waals surface area contributed by atoms with E-state index in [0.29, 0.717) is 5.69 Å². The molecule has 0 fully saturated rings. The lowest BCUT2D eigenvalue weighted by Gasteiger charge is -2.06. The number of ether oxygens (including phenoxy) is 1. The zero-order valence-electron chi connectivity index (χ0n) is 9.61. The van der Waals surface area contributed by atoms with Crippen molar-refractivity contribution in [3.8, 4) is 0 Å². The zero-order chi connectivity index (χ0) is 13.4. The molecule has 0 radical (unpaired) electrons. The Kier molecular flexibility index (Phi) is 7.34. The molecule has 0 spiro atoms. The summed E-state index contributed by atoms with van der Waals surface area (Å²) in [5.41, 5.74) is 1.66. The topological polar surface area (TPSA) is 67.4 Å². The van der Waals surface area contributed by atoms with E-state index in [0.717, 1.165) is 12.1 Å². The molecule has 1 rings (SSSR count). The molecule has 2 N–H and O–H groups in total. The summed E-state index contributed by atoms with van der Waals surface area (Å²) in [5.74, 6) is -0.277. The number of hydrogen-bond acceptors (Lipinski definition) is 4. The van der Waals surface area contributed by atoms with Gasteiger partial charge in [-0.15, -0.1) is 0 Å². The fourth-order valence-electron chi connectivity index (χ4n) is 1.22. The van der Waals surface area contributed by atoms with Gasteiger partial charge in [-0.2, -0.15) is 0 Å².